The maximum absolute atomic E-state index is 6.56. The van der Waals surface area contributed by atoms with Crippen molar-refractivity contribution in [3.63, 3.8) is 0 Å². The molecule has 0 fully saturated rings. The summed E-state index contributed by atoms with van der Waals surface area (Å²) < 4.78 is 6.56. The summed E-state index contributed by atoms with van der Waals surface area (Å²) >= 11 is 0. The largest absolute Gasteiger partial charge is 0.456 e. The van der Waals surface area contributed by atoms with Crippen LogP contribution < -0.4 is 0 Å². The quantitative estimate of drug-likeness (QED) is 0.171. The lowest BCUT2D eigenvalue weighted by molar-refractivity contribution is 0.669. The first-order valence-corrected chi connectivity index (χ1v) is 18.4. The van der Waals surface area contributed by atoms with Gasteiger partial charge in [0.05, 0.1) is 11.4 Å². The Balaban J connectivity index is 1.04. The number of nitrogens with zero attached hydrogens (tertiary/aromatic N) is 2. The van der Waals surface area contributed by atoms with Crippen molar-refractivity contribution in [1.29, 1.82) is 0 Å². The van der Waals surface area contributed by atoms with Crippen molar-refractivity contribution in [2.45, 2.75) is 6.42 Å². The van der Waals surface area contributed by atoms with E-state index in [1.54, 1.807) is 0 Å². The normalized spacial score (nSPS) is 13.1. The van der Waals surface area contributed by atoms with Gasteiger partial charge in [-0.1, -0.05) is 170 Å². The summed E-state index contributed by atoms with van der Waals surface area (Å²) in [6.45, 7) is 0. The Bertz CT molecular complexity index is 2920. The van der Waals surface area contributed by atoms with Gasteiger partial charge in [0, 0.05) is 22.8 Å². The molecule has 3 heteroatoms. The fraction of sp³-hybridized carbons (Fsp3) is 0.0196. The molecule has 254 valence electrons. The lowest BCUT2D eigenvalue weighted by Gasteiger charge is -2.08. The summed E-state index contributed by atoms with van der Waals surface area (Å²) in [4.78, 5) is 10.6. The molecule has 0 saturated carbocycles. The van der Waals surface area contributed by atoms with Gasteiger partial charge in [-0.25, -0.2) is 9.98 Å². The number of aliphatic imine (C=N–C) groups is 2. The fourth-order valence-electron chi connectivity index (χ4n) is 7.55. The van der Waals surface area contributed by atoms with Gasteiger partial charge in [0.1, 0.15) is 11.2 Å². The molecule has 0 aliphatic carbocycles. The Labute approximate surface area is 313 Å². The smallest absolute Gasteiger partial charge is 0.160 e. The minimum absolute atomic E-state index is 0.660. The van der Waals surface area contributed by atoms with E-state index in [4.69, 9.17) is 14.4 Å². The highest BCUT2D eigenvalue weighted by atomic mass is 16.3. The van der Waals surface area contributed by atoms with Crippen LogP contribution in [0.4, 0.5) is 0 Å². The van der Waals surface area contributed by atoms with Crippen molar-refractivity contribution in [2.75, 3.05) is 0 Å². The van der Waals surface area contributed by atoms with E-state index in [0.29, 0.717) is 12.3 Å². The molecule has 8 aromatic carbocycles. The van der Waals surface area contributed by atoms with Crippen LogP contribution in [0.25, 0.3) is 71.8 Å². The van der Waals surface area contributed by atoms with Crippen LogP contribution in [-0.2, 0) is 0 Å². The summed E-state index contributed by atoms with van der Waals surface area (Å²) in [6, 6.07) is 66.1. The highest BCUT2D eigenvalue weighted by molar-refractivity contribution is 6.23. The first kappa shape index (κ1) is 31.6. The molecule has 1 aromatic heterocycles. The van der Waals surface area contributed by atoms with Crippen LogP contribution in [0.2, 0.25) is 0 Å². The predicted octanol–water partition coefficient (Wildman–Crippen LogP) is 13.4. The van der Waals surface area contributed by atoms with Gasteiger partial charge in [0.15, 0.2) is 5.84 Å². The van der Waals surface area contributed by atoms with Crippen LogP contribution in [0.1, 0.15) is 23.1 Å². The molecule has 10 rings (SSSR count). The Morgan fingerprint density at radius 1 is 0.389 bits per heavy atom. The van der Waals surface area contributed by atoms with Crippen LogP contribution in [0, 0.1) is 0 Å². The van der Waals surface area contributed by atoms with Gasteiger partial charge in [0.25, 0.3) is 0 Å². The zero-order valence-electron chi connectivity index (χ0n) is 29.5. The summed E-state index contributed by atoms with van der Waals surface area (Å²) in [7, 11) is 0. The Morgan fingerprint density at radius 2 is 0.963 bits per heavy atom. The van der Waals surface area contributed by atoms with E-state index in [-0.39, 0.29) is 0 Å². The molecule has 0 N–H and O–H groups in total. The van der Waals surface area contributed by atoms with Gasteiger partial charge in [-0.3, -0.25) is 0 Å². The monoisotopic (exact) mass is 690 g/mol. The van der Waals surface area contributed by atoms with Crippen LogP contribution in [-0.4, -0.2) is 11.5 Å². The van der Waals surface area contributed by atoms with Crippen LogP contribution in [0.5, 0.6) is 0 Å². The average Bonchev–Trinajstić information content (AvgIpc) is 3.48. The minimum atomic E-state index is 0.660. The third kappa shape index (κ3) is 5.92. The van der Waals surface area contributed by atoms with Gasteiger partial charge >= 0.3 is 0 Å². The standard InChI is InChI=1S/C51H34N2O/c1-3-10-34(11-4-1)36-18-20-38(21-19-36)43-28-29-44-49(33-43)54-48-17-9-16-45(50(44)48)51-52-46(39-13-5-2-6-14-39)30-31-47(53-51)40-25-22-37(23-26-40)42-27-24-35-12-7-8-15-41(35)32-42/h1-29,31-33H,30H2. The molecule has 2 heterocycles. The lowest BCUT2D eigenvalue weighted by Crippen LogP contribution is -2.05. The van der Waals surface area contributed by atoms with E-state index in [1.165, 1.54) is 33.0 Å². The van der Waals surface area contributed by atoms with Gasteiger partial charge < -0.3 is 4.42 Å². The van der Waals surface area contributed by atoms with Crippen LogP contribution in [0.15, 0.2) is 209 Å². The second-order valence-corrected chi connectivity index (χ2v) is 13.7. The zero-order valence-corrected chi connectivity index (χ0v) is 29.5. The molecule has 54 heavy (non-hydrogen) atoms. The minimum Gasteiger partial charge on any atom is -0.456 e. The zero-order chi connectivity index (χ0) is 35.8. The number of furan rings is 1. The highest BCUT2D eigenvalue weighted by Gasteiger charge is 2.19. The fourth-order valence-corrected chi connectivity index (χ4v) is 7.55. The van der Waals surface area contributed by atoms with Gasteiger partial charge in [-0.2, -0.15) is 0 Å². The lowest BCUT2D eigenvalue weighted by atomic mass is 9.99. The second-order valence-electron chi connectivity index (χ2n) is 13.7. The van der Waals surface area contributed by atoms with Crippen molar-refractivity contribution >= 4 is 50.0 Å². The summed E-state index contributed by atoms with van der Waals surface area (Å²) in [5, 5.41) is 4.53. The van der Waals surface area contributed by atoms with Crippen molar-refractivity contribution in [3.8, 4) is 33.4 Å². The molecule has 3 nitrogen and oxygen atoms in total. The number of fused-ring (bicyclic) bond motifs is 4. The maximum Gasteiger partial charge on any atom is 0.160 e. The van der Waals surface area contributed by atoms with Crippen molar-refractivity contribution < 1.29 is 4.42 Å². The van der Waals surface area contributed by atoms with E-state index >= 15 is 0 Å². The second kappa shape index (κ2) is 13.5. The SMILES string of the molecule is C1=C(c2ccc(-c3ccc4ccccc4c3)cc2)N=C(c2cccc3oc4cc(-c5ccc(-c6ccccc6)cc5)ccc4c23)N=C(c2ccccc2)C1. The first-order valence-electron chi connectivity index (χ1n) is 18.4. The van der Waals surface area contributed by atoms with E-state index in [2.05, 4.69) is 170 Å². The first-order chi connectivity index (χ1) is 26.7. The molecule has 1 aliphatic rings. The van der Waals surface area contributed by atoms with Gasteiger partial charge in [-0.15, -0.1) is 0 Å². The maximum atomic E-state index is 6.56. The van der Waals surface area contributed by atoms with Crippen LogP contribution >= 0.6 is 0 Å². The molecule has 0 spiro atoms. The summed E-state index contributed by atoms with van der Waals surface area (Å²) in [5.41, 5.74) is 13.6. The van der Waals surface area contributed by atoms with Gasteiger partial charge in [0.2, 0.25) is 0 Å². The third-order valence-electron chi connectivity index (χ3n) is 10.4. The van der Waals surface area contributed by atoms with Crippen molar-refractivity contribution in [3.05, 3.63) is 211 Å². The van der Waals surface area contributed by atoms with Gasteiger partial charge in [-0.05, 0) is 79.5 Å². The molecular formula is C51H34N2O. The Hall–Kier alpha value is -7.10. The van der Waals surface area contributed by atoms with Crippen molar-refractivity contribution in [2.24, 2.45) is 9.98 Å². The Kier molecular flexibility index (Phi) is 7.88. The average molecular weight is 691 g/mol. The molecule has 0 saturated heterocycles. The van der Waals surface area contributed by atoms with Crippen molar-refractivity contribution in [1.82, 2.24) is 0 Å². The molecule has 1 aliphatic heterocycles. The summed E-state index contributed by atoms with van der Waals surface area (Å²) in [5.74, 6) is 0.671. The van der Waals surface area contributed by atoms with E-state index < -0.39 is 0 Å². The molecule has 0 atom stereocenters. The molecule has 9 aromatic rings. The third-order valence-corrected chi connectivity index (χ3v) is 10.4. The number of allylic oxidation sites excluding steroid dienone is 1. The van der Waals surface area contributed by atoms with E-state index in [1.807, 2.05) is 24.3 Å². The highest BCUT2D eigenvalue weighted by Crippen LogP contribution is 2.36. The van der Waals surface area contributed by atoms with Crippen LogP contribution in [0.3, 0.4) is 0 Å². The predicted molar refractivity (Wildman–Crippen MR) is 226 cm³/mol. The molecule has 0 unspecified atom stereocenters. The molecule has 0 bridgehead atoms. The molecular weight excluding hydrogens is 657 g/mol. The molecule has 0 radical (unpaired) electrons. The van der Waals surface area contributed by atoms with E-state index in [9.17, 15) is 0 Å². The number of benzene rings is 8. The topological polar surface area (TPSA) is 37.9 Å². The summed E-state index contributed by atoms with van der Waals surface area (Å²) in [6.07, 6.45) is 2.86. The number of rotatable bonds is 6. The van der Waals surface area contributed by atoms with E-state index in [0.717, 1.165) is 61.2 Å². The molecule has 0 amide bonds. The number of hydrogen-bond donors (Lipinski definition) is 0. The Morgan fingerprint density at radius 3 is 1.70 bits per heavy atom. The number of hydrogen-bond acceptors (Lipinski definition) is 3. The number of amidine groups is 1.